The van der Waals surface area contributed by atoms with E-state index in [9.17, 15) is 9.90 Å². The maximum absolute atomic E-state index is 12.3. The van der Waals surface area contributed by atoms with Gasteiger partial charge in [-0.05, 0) is 41.7 Å². The molecular formula is C21H24O4. The third-order valence-electron chi connectivity index (χ3n) is 3.81. The second-order valence-corrected chi connectivity index (χ2v) is 6.27. The Labute approximate surface area is 148 Å². The zero-order valence-electron chi connectivity index (χ0n) is 15.1. The number of allylic oxidation sites excluding steroid dienone is 1. The van der Waals surface area contributed by atoms with Crippen molar-refractivity contribution < 1.29 is 19.4 Å². The standard InChI is InChI=1S/C21H24O4/c1-14(2)11-15-5-8-17(9-6-15)18(22)10-7-16-12-19(24-3)21(23)20(13-16)25-4/h5-10,12-14,23H,11H2,1-4H3/b10-7+. The minimum Gasteiger partial charge on any atom is -0.502 e. The Morgan fingerprint density at radius 3 is 2.12 bits per heavy atom. The lowest BCUT2D eigenvalue weighted by Gasteiger charge is -2.09. The van der Waals surface area contributed by atoms with Gasteiger partial charge < -0.3 is 14.6 Å². The molecule has 132 valence electrons. The van der Waals surface area contributed by atoms with Gasteiger partial charge in [-0.2, -0.15) is 0 Å². The van der Waals surface area contributed by atoms with Crippen molar-refractivity contribution in [2.75, 3.05) is 14.2 Å². The third kappa shape index (κ3) is 4.86. The van der Waals surface area contributed by atoms with E-state index in [4.69, 9.17) is 9.47 Å². The molecule has 0 aliphatic rings. The molecule has 0 aliphatic carbocycles. The molecule has 2 aromatic rings. The fourth-order valence-corrected chi connectivity index (χ4v) is 2.55. The summed E-state index contributed by atoms with van der Waals surface area (Å²) in [5.41, 5.74) is 2.57. The molecule has 0 radical (unpaired) electrons. The van der Waals surface area contributed by atoms with Crippen LogP contribution in [0.3, 0.4) is 0 Å². The molecule has 4 nitrogen and oxygen atoms in total. The number of carbonyl (C=O) groups is 1. The largest absolute Gasteiger partial charge is 0.502 e. The number of benzene rings is 2. The molecule has 0 unspecified atom stereocenters. The van der Waals surface area contributed by atoms with Gasteiger partial charge in [0.25, 0.3) is 0 Å². The average Bonchev–Trinajstić information content (AvgIpc) is 2.60. The van der Waals surface area contributed by atoms with E-state index in [1.165, 1.54) is 25.9 Å². The first-order valence-corrected chi connectivity index (χ1v) is 8.21. The third-order valence-corrected chi connectivity index (χ3v) is 3.81. The number of rotatable bonds is 7. The van der Waals surface area contributed by atoms with Gasteiger partial charge in [0, 0.05) is 5.56 Å². The van der Waals surface area contributed by atoms with Gasteiger partial charge in [-0.25, -0.2) is 0 Å². The number of carbonyl (C=O) groups excluding carboxylic acids is 1. The minimum absolute atomic E-state index is 0.0609. The molecule has 0 aromatic heterocycles. The van der Waals surface area contributed by atoms with Gasteiger partial charge in [-0.3, -0.25) is 4.79 Å². The van der Waals surface area contributed by atoms with Crippen LogP contribution in [0, 0.1) is 5.92 Å². The van der Waals surface area contributed by atoms with Gasteiger partial charge in [0.05, 0.1) is 14.2 Å². The average molecular weight is 340 g/mol. The highest BCUT2D eigenvalue weighted by molar-refractivity contribution is 6.06. The molecule has 0 atom stereocenters. The highest BCUT2D eigenvalue weighted by Crippen LogP contribution is 2.37. The molecule has 1 N–H and O–H groups in total. The molecule has 0 amide bonds. The quantitative estimate of drug-likeness (QED) is 0.595. The first-order valence-electron chi connectivity index (χ1n) is 8.21. The van der Waals surface area contributed by atoms with E-state index in [0.29, 0.717) is 28.5 Å². The highest BCUT2D eigenvalue weighted by atomic mass is 16.5. The number of ketones is 1. The maximum Gasteiger partial charge on any atom is 0.200 e. The van der Waals surface area contributed by atoms with E-state index >= 15 is 0 Å². The van der Waals surface area contributed by atoms with Crippen LogP contribution in [0.5, 0.6) is 17.2 Å². The predicted octanol–water partition coefficient (Wildman–Crippen LogP) is 4.50. The van der Waals surface area contributed by atoms with E-state index in [2.05, 4.69) is 13.8 Å². The lowest BCUT2D eigenvalue weighted by atomic mass is 10.0. The van der Waals surface area contributed by atoms with E-state index in [1.54, 1.807) is 18.2 Å². The first kappa shape index (κ1) is 18.6. The molecule has 0 spiro atoms. The van der Waals surface area contributed by atoms with Crippen molar-refractivity contribution in [3.05, 3.63) is 59.2 Å². The SMILES string of the molecule is COc1cc(/C=C/C(=O)c2ccc(CC(C)C)cc2)cc(OC)c1O. The summed E-state index contributed by atoms with van der Waals surface area (Å²) in [5, 5.41) is 9.92. The van der Waals surface area contributed by atoms with Crippen molar-refractivity contribution in [1.29, 1.82) is 0 Å². The minimum atomic E-state index is -0.0814. The molecule has 0 saturated carbocycles. The Bertz CT molecular complexity index is 733. The molecule has 4 heteroatoms. The molecule has 0 heterocycles. The smallest absolute Gasteiger partial charge is 0.200 e. The fourth-order valence-electron chi connectivity index (χ4n) is 2.55. The Balaban J connectivity index is 2.17. The van der Waals surface area contributed by atoms with Crippen molar-refractivity contribution in [2.24, 2.45) is 5.92 Å². The van der Waals surface area contributed by atoms with Gasteiger partial charge in [0.2, 0.25) is 5.75 Å². The van der Waals surface area contributed by atoms with Crippen LogP contribution in [-0.4, -0.2) is 25.1 Å². The van der Waals surface area contributed by atoms with E-state index in [-0.39, 0.29) is 11.5 Å². The summed E-state index contributed by atoms with van der Waals surface area (Å²) in [6, 6.07) is 11.0. The van der Waals surface area contributed by atoms with Gasteiger partial charge >= 0.3 is 0 Å². The second kappa shape index (κ2) is 8.38. The summed E-state index contributed by atoms with van der Waals surface area (Å²) in [6.45, 7) is 4.34. The van der Waals surface area contributed by atoms with Crippen LogP contribution in [0.15, 0.2) is 42.5 Å². The molecular weight excluding hydrogens is 316 g/mol. The number of phenolic OH excluding ortho intramolecular Hbond substituents is 1. The van der Waals surface area contributed by atoms with Crippen LogP contribution in [0.1, 0.15) is 35.3 Å². The zero-order valence-corrected chi connectivity index (χ0v) is 15.1. The lowest BCUT2D eigenvalue weighted by Crippen LogP contribution is -1.97. The van der Waals surface area contributed by atoms with E-state index in [1.807, 2.05) is 24.3 Å². The van der Waals surface area contributed by atoms with Crippen LogP contribution in [0.2, 0.25) is 0 Å². The van der Waals surface area contributed by atoms with Crippen molar-refractivity contribution in [2.45, 2.75) is 20.3 Å². The molecule has 2 aromatic carbocycles. The van der Waals surface area contributed by atoms with E-state index in [0.717, 1.165) is 6.42 Å². The lowest BCUT2D eigenvalue weighted by molar-refractivity contribution is 0.104. The van der Waals surface area contributed by atoms with Gasteiger partial charge in [-0.1, -0.05) is 44.2 Å². The van der Waals surface area contributed by atoms with Crippen LogP contribution in [-0.2, 0) is 6.42 Å². The van der Waals surface area contributed by atoms with Crippen LogP contribution in [0.4, 0.5) is 0 Å². The summed E-state index contributed by atoms with van der Waals surface area (Å²) < 4.78 is 10.2. The van der Waals surface area contributed by atoms with Crippen molar-refractivity contribution in [3.8, 4) is 17.2 Å². The van der Waals surface area contributed by atoms with Gasteiger partial charge in [0.15, 0.2) is 17.3 Å². The van der Waals surface area contributed by atoms with Crippen molar-refractivity contribution >= 4 is 11.9 Å². The highest BCUT2D eigenvalue weighted by Gasteiger charge is 2.10. The summed E-state index contributed by atoms with van der Waals surface area (Å²) in [5.74, 6) is 1.03. The number of aromatic hydroxyl groups is 1. The van der Waals surface area contributed by atoms with Crippen molar-refractivity contribution in [1.82, 2.24) is 0 Å². The summed E-state index contributed by atoms with van der Waals surface area (Å²) in [7, 11) is 2.93. The Hall–Kier alpha value is -2.75. The molecule has 25 heavy (non-hydrogen) atoms. The molecule has 2 rings (SSSR count). The molecule has 0 bridgehead atoms. The van der Waals surface area contributed by atoms with Gasteiger partial charge in [0.1, 0.15) is 0 Å². The summed E-state index contributed by atoms with van der Waals surface area (Å²) in [4.78, 5) is 12.3. The first-order chi connectivity index (χ1) is 11.9. The summed E-state index contributed by atoms with van der Waals surface area (Å²) >= 11 is 0. The Kier molecular flexibility index (Phi) is 6.23. The number of methoxy groups -OCH3 is 2. The maximum atomic E-state index is 12.3. The van der Waals surface area contributed by atoms with Crippen LogP contribution < -0.4 is 9.47 Å². The topological polar surface area (TPSA) is 55.8 Å². The predicted molar refractivity (Wildman–Crippen MR) is 99.6 cm³/mol. The number of ether oxygens (including phenoxy) is 2. The monoisotopic (exact) mass is 340 g/mol. The Morgan fingerprint density at radius 1 is 1.08 bits per heavy atom. The molecule has 0 saturated heterocycles. The second-order valence-electron chi connectivity index (χ2n) is 6.27. The molecule has 0 fully saturated rings. The Morgan fingerprint density at radius 2 is 1.64 bits per heavy atom. The number of phenols is 1. The fraction of sp³-hybridized carbons (Fsp3) is 0.286. The molecule has 0 aliphatic heterocycles. The number of hydrogen-bond acceptors (Lipinski definition) is 4. The zero-order chi connectivity index (χ0) is 18.4. The van der Waals surface area contributed by atoms with Crippen molar-refractivity contribution in [3.63, 3.8) is 0 Å². The van der Waals surface area contributed by atoms with E-state index < -0.39 is 0 Å². The summed E-state index contributed by atoms with van der Waals surface area (Å²) in [6.07, 6.45) is 4.18. The number of hydrogen-bond donors (Lipinski definition) is 1. The van der Waals surface area contributed by atoms with Crippen LogP contribution >= 0.6 is 0 Å². The normalized spacial score (nSPS) is 11.1. The van der Waals surface area contributed by atoms with Gasteiger partial charge in [-0.15, -0.1) is 0 Å². The van der Waals surface area contributed by atoms with Crippen LogP contribution in [0.25, 0.3) is 6.08 Å².